The molecule has 1 unspecified atom stereocenters. The number of carboxylic acids is 1. The van der Waals surface area contributed by atoms with Gasteiger partial charge in [0.15, 0.2) is 0 Å². The molecule has 1 atom stereocenters. The van der Waals surface area contributed by atoms with E-state index < -0.39 is 5.97 Å². The van der Waals surface area contributed by atoms with Crippen molar-refractivity contribution in [3.05, 3.63) is 35.4 Å². The molecule has 2 aliphatic heterocycles. The summed E-state index contributed by atoms with van der Waals surface area (Å²) in [4.78, 5) is 27.4. The molecular weight excluding hydrogens is 308 g/mol. The Balaban J connectivity index is 1.47. The van der Waals surface area contributed by atoms with Gasteiger partial charge in [0.1, 0.15) is 0 Å². The number of carbonyl (C=O) groups excluding carboxylic acids is 1. The van der Waals surface area contributed by atoms with Gasteiger partial charge < -0.3 is 14.7 Å². The van der Waals surface area contributed by atoms with Crippen molar-refractivity contribution in [1.82, 2.24) is 9.80 Å². The molecule has 0 saturated carbocycles. The lowest BCUT2D eigenvalue weighted by Crippen LogP contribution is -2.44. The Kier molecular flexibility index (Phi) is 5.48. The molecule has 0 aromatic heterocycles. The van der Waals surface area contributed by atoms with Crippen LogP contribution in [0.2, 0.25) is 0 Å². The van der Waals surface area contributed by atoms with Crippen LogP contribution in [0.3, 0.4) is 0 Å². The lowest BCUT2D eigenvalue weighted by Gasteiger charge is -2.28. The van der Waals surface area contributed by atoms with E-state index in [-0.39, 0.29) is 5.91 Å². The maximum absolute atomic E-state index is 12.4. The second-order valence-corrected chi connectivity index (χ2v) is 6.59. The number of hydrogen-bond donors (Lipinski definition) is 1. The minimum absolute atomic E-state index is 0.209. The molecule has 1 aromatic carbocycles. The summed E-state index contributed by atoms with van der Waals surface area (Å²) in [7, 11) is 0. The third-order valence-corrected chi connectivity index (χ3v) is 4.83. The molecule has 1 aromatic rings. The standard InChI is InChI=1S/C18H24N2O4/c21-17(13-19-7-9-24-10-8-19)20-6-5-15(12-20)11-14-1-3-16(4-2-14)18(22)23/h1-4,15H,5-13H2,(H,22,23). The molecule has 0 aliphatic carbocycles. The van der Waals surface area contributed by atoms with Crippen molar-refractivity contribution in [1.29, 1.82) is 0 Å². The monoisotopic (exact) mass is 332 g/mol. The molecule has 2 saturated heterocycles. The molecule has 3 rings (SSSR count). The zero-order valence-electron chi connectivity index (χ0n) is 13.8. The fourth-order valence-electron chi connectivity index (χ4n) is 3.39. The quantitative estimate of drug-likeness (QED) is 0.875. The number of ether oxygens (including phenoxy) is 1. The maximum atomic E-state index is 12.4. The molecule has 6 nitrogen and oxygen atoms in total. The Bertz CT molecular complexity index is 581. The highest BCUT2D eigenvalue weighted by Crippen LogP contribution is 2.21. The number of nitrogens with zero attached hydrogens (tertiary/aromatic N) is 2. The summed E-state index contributed by atoms with van der Waals surface area (Å²) in [5.74, 6) is -0.239. The summed E-state index contributed by atoms with van der Waals surface area (Å²) >= 11 is 0. The fraction of sp³-hybridized carbons (Fsp3) is 0.556. The normalized spacial score (nSPS) is 21.8. The summed E-state index contributed by atoms with van der Waals surface area (Å²) in [5, 5.41) is 8.93. The highest BCUT2D eigenvalue weighted by molar-refractivity contribution is 5.87. The van der Waals surface area contributed by atoms with E-state index in [2.05, 4.69) is 4.90 Å². The zero-order valence-corrected chi connectivity index (χ0v) is 13.8. The topological polar surface area (TPSA) is 70.1 Å². The lowest BCUT2D eigenvalue weighted by molar-refractivity contribution is -0.132. The second-order valence-electron chi connectivity index (χ2n) is 6.59. The summed E-state index contributed by atoms with van der Waals surface area (Å²) in [6.07, 6.45) is 1.90. The first kappa shape index (κ1) is 16.9. The van der Waals surface area contributed by atoms with Gasteiger partial charge in [-0.15, -0.1) is 0 Å². The van der Waals surface area contributed by atoms with E-state index in [0.29, 0.717) is 31.2 Å². The molecule has 130 valence electrons. The van der Waals surface area contributed by atoms with Crippen LogP contribution in [0.4, 0.5) is 0 Å². The van der Waals surface area contributed by atoms with E-state index in [9.17, 15) is 9.59 Å². The molecule has 1 N–H and O–H groups in total. The van der Waals surface area contributed by atoms with Crippen LogP contribution >= 0.6 is 0 Å². The maximum Gasteiger partial charge on any atom is 0.335 e. The molecule has 0 radical (unpaired) electrons. The Hall–Kier alpha value is -1.92. The molecule has 2 heterocycles. The van der Waals surface area contributed by atoms with Crippen molar-refractivity contribution in [3.8, 4) is 0 Å². The number of amides is 1. The van der Waals surface area contributed by atoms with Gasteiger partial charge in [0.2, 0.25) is 5.91 Å². The van der Waals surface area contributed by atoms with Gasteiger partial charge in [-0.05, 0) is 36.5 Å². The summed E-state index contributed by atoms with van der Waals surface area (Å²) < 4.78 is 5.31. The number of carbonyl (C=O) groups is 2. The molecule has 2 fully saturated rings. The van der Waals surface area contributed by atoms with Crippen molar-refractivity contribution in [2.24, 2.45) is 5.92 Å². The molecule has 1 amide bonds. The number of morpholine rings is 1. The molecule has 2 aliphatic rings. The minimum atomic E-state index is -0.901. The molecule has 0 spiro atoms. The number of likely N-dealkylation sites (tertiary alicyclic amines) is 1. The van der Waals surface area contributed by atoms with Crippen molar-refractivity contribution in [3.63, 3.8) is 0 Å². The first-order valence-electron chi connectivity index (χ1n) is 8.52. The van der Waals surface area contributed by atoms with Crippen LogP contribution in [0.25, 0.3) is 0 Å². The van der Waals surface area contributed by atoms with Crippen LogP contribution in [-0.4, -0.2) is 72.7 Å². The predicted molar refractivity (Wildman–Crippen MR) is 89.1 cm³/mol. The van der Waals surface area contributed by atoms with Crippen LogP contribution in [0, 0.1) is 5.92 Å². The van der Waals surface area contributed by atoms with Crippen LogP contribution in [0.5, 0.6) is 0 Å². The largest absolute Gasteiger partial charge is 0.478 e. The third-order valence-electron chi connectivity index (χ3n) is 4.83. The van der Waals surface area contributed by atoms with E-state index in [1.54, 1.807) is 12.1 Å². The zero-order chi connectivity index (χ0) is 16.9. The Labute approximate surface area is 142 Å². The van der Waals surface area contributed by atoms with Crippen molar-refractivity contribution < 1.29 is 19.4 Å². The number of benzene rings is 1. The van der Waals surface area contributed by atoms with E-state index in [1.165, 1.54) is 0 Å². The van der Waals surface area contributed by atoms with Gasteiger partial charge in [0, 0.05) is 26.2 Å². The van der Waals surface area contributed by atoms with Gasteiger partial charge in [-0.3, -0.25) is 9.69 Å². The molecule has 0 bridgehead atoms. The van der Waals surface area contributed by atoms with Crippen molar-refractivity contribution in [2.75, 3.05) is 45.9 Å². The second kappa shape index (κ2) is 7.77. The Morgan fingerprint density at radius 2 is 1.83 bits per heavy atom. The van der Waals surface area contributed by atoms with Crippen LogP contribution in [-0.2, 0) is 16.0 Å². The van der Waals surface area contributed by atoms with Gasteiger partial charge in [0.05, 0.1) is 25.3 Å². The first-order valence-corrected chi connectivity index (χ1v) is 8.52. The van der Waals surface area contributed by atoms with Gasteiger partial charge in [0.25, 0.3) is 0 Å². The Morgan fingerprint density at radius 3 is 2.50 bits per heavy atom. The van der Waals surface area contributed by atoms with E-state index >= 15 is 0 Å². The number of carboxylic acid groups (broad SMARTS) is 1. The van der Waals surface area contributed by atoms with Gasteiger partial charge >= 0.3 is 5.97 Å². The SMILES string of the molecule is O=C(O)c1ccc(CC2CCN(C(=O)CN3CCOCC3)C2)cc1. The first-order chi connectivity index (χ1) is 11.6. The number of rotatable bonds is 5. The van der Waals surface area contributed by atoms with Crippen molar-refractivity contribution >= 4 is 11.9 Å². The number of hydrogen-bond acceptors (Lipinski definition) is 4. The lowest BCUT2D eigenvalue weighted by atomic mass is 9.98. The van der Waals surface area contributed by atoms with Gasteiger partial charge in [-0.1, -0.05) is 12.1 Å². The average Bonchev–Trinajstić information content (AvgIpc) is 3.05. The molecular formula is C18H24N2O4. The fourth-order valence-corrected chi connectivity index (χ4v) is 3.39. The molecule has 24 heavy (non-hydrogen) atoms. The van der Waals surface area contributed by atoms with Gasteiger partial charge in [-0.25, -0.2) is 4.79 Å². The summed E-state index contributed by atoms with van der Waals surface area (Å²) in [5.41, 5.74) is 1.44. The van der Waals surface area contributed by atoms with Crippen molar-refractivity contribution in [2.45, 2.75) is 12.8 Å². The van der Waals surface area contributed by atoms with E-state index in [0.717, 1.165) is 44.6 Å². The minimum Gasteiger partial charge on any atom is -0.478 e. The Morgan fingerprint density at radius 1 is 1.12 bits per heavy atom. The van der Waals surface area contributed by atoms with Gasteiger partial charge in [-0.2, -0.15) is 0 Å². The van der Waals surface area contributed by atoms with Crippen LogP contribution in [0.15, 0.2) is 24.3 Å². The predicted octanol–water partition coefficient (Wildman–Crippen LogP) is 1.11. The number of aromatic carboxylic acids is 1. The van der Waals surface area contributed by atoms with E-state index in [4.69, 9.17) is 9.84 Å². The third kappa shape index (κ3) is 4.33. The van der Waals surface area contributed by atoms with Crippen LogP contribution in [0.1, 0.15) is 22.3 Å². The summed E-state index contributed by atoms with van der Waals surface area (Å²) in [6, 6.07) is 7.05. The highest BCUT2D eigenvalue weighted by Gasteiger charge is 2.27. The smallest absolute Gasteiger partial charge is 0.335 e. The molecule has 6 heteroatoms. The average molecular weight is 332 g/mol. The summed E-state index contributed by atoms with van der Waals surface area (Å²) in [6.45, 7) is 5.19. The van der Waals surface area contributed by atoms with E-state index in [1.807, 2.05) is 17.0 Å². The van der Waals surface area contributed by atoms with Crippen LogP contribution < -0.4 is 0 Å². The highest BCUT2D eigenvalue weighted by atomic mass is 16.5.